The van der Waals surface area contributed by atoms with Crippen LogP contribution >= 0.6 is 11.6 Å². The first-order valence-electron chi connectivity index (χ1n) is 10.6. The molecule has 2 amide bonds. The van der Waals surface area contributed by atoms with Gasteiger partial charge in [-0.2, -0.15) is 0 Å². The van der Waals surface area contributed by atoms with Crippen LogP contribution in [0.1, 0.15) is 21.5 Å². The predicted octanol–water partition coefficient (Wildman–Crippen LogP) is 2.60. The summed E-state index contributed by atoms with van der Waals surface area (Å²) >= 11 is 6.22. The molecule has 2 aromatic rings. The van der Waals surface area contributed by atoms with E-state index in [0.717, 1.165) is 21.1 Å². The van der Waals surface area contributed by atoms with Gasteiger partial charge in [0.05, 0.1) is 22.0 Å². The van der Waals surface area contributed by atoms with Crippen LogP contribution in [0.4, 0.5) is 5.69 Å². The molecule has 8 nitrogen and oxygen atoms in total. The highest BCUT2D eigenvalue weighted by Crippen LogP contribution is 2.24. The van der Waals surface area contributed by atoms with E-state index in [1.807, 2.05) is 36.9 Å². The number of halogens is 1. The van der Waals surface area contributed by atoms with Crippen molar-refractivity contribution >= 4 is 39.1 Å². The maximum atomic E-state index is 13.0. The van der Waals surface area contributed by atoms with Crippen LogP contribution in [0, 0.1) is 13.8 Å². The number of piperazine rings is 1. The third-order valence-corrected chi connectivity index (χ3v) is 7.86. The molecule has 0 atom stereocenters. The fourth-order valence-electron chi connectivity index (χ4n) is 3.71. The number of amides is 2. The van der Waals surface area contributed by atoms with Crippen LogP contribution in [0.3, 0.4) is 0 Å². The van der Waals surface area contributed by atoms with Crippen molar-refractivity contribution in [2.75, 3.05) is 52.1 Å². The highest BCUT2D eigenvalue weighted by Gasteiger charge is 2.27. The quantitative estimate of drug-likeness (QED) is 0.669. The van der Waals surface area contributed by atoms with Gasteiger partial charge in [0.15, 0.2) is 0 Å². The van der Waals surface area contributed by atoms with Crippen molar-refractivity contribution in [2.45, 2.75) is 18.7 Å². The molecule has 1 aliphatic rings. The Morgan fingerprint density at radius 2 is 1.64 bits per heavy atom. The summed E-state index contributed by atoms with van der Waals surface area (Å²) in [5.74, 6) is -0.424. The molecular weight excluding hydrogens is 464 g/mol. The summed E-state index contributed by atoms with van der Waals surface area (Å²) < 4.78 is 25.9. The summed E-state index contributed by atoms with van der Waals surface area (Å²) in [4.78, 5) is 29.2. The van der Waals surface area contributed by atoms with E-state index in [-0.39, 0.29) is 33.8 Å². The van der Waals surface area contributed by atoms with E-state index in [9.17, 15) is 18.0 Å². The smallest absolute Gasteiger partial charge is 0.255 e. The molecule has 1 aliphatic heterocycles. The number of rotatable bonds is 6. The van der Waals surface area contributed by atoms with Gasteiger partial charge in [-0.25, -0.2) is 12.7 Å². The molecule has 10 heteroatoms. The van der Waals surface area contributed by atoms with Gasteiger partial charge < -0.3 is 10.2 Å². The first kappa shape index (κ1) is 25.2. The molecule has 3 rings (SSSR count). The van der Waals surface area contributed by atoms with Gasteiger partial charge >= 0.3 is 0 Å². The largest absolute Gasteiger partial charge is 0.336 e. The van der Waals surface area contributed by atoms with E-state index in [2.05, 4.69) is 5.32 Å². The highest BCUT2D eigenvalue weighted by molar-refractivity contribution is 7.89. The maximum Gasteiger partial charge on any atom is 0.255 e. The second-order valence-electron chi connectivity index (χ2n) is 8.31. The standard InChI is InChI=1S/C23H29ClN4O4S/c1-16-6-5-7-17(2)22(16)25-21(29)15-27-10-12-28(13-11-27)23(30)19-14-18(8-9-20(19)24)33(31,32)26(3)4/h5-9,14H,10-13,15H2,1-4H3,(H,25,29). The molecule has 33 heavy (non-hydrogen) atoms. The topological polar surface area (TPSA) is 90.0 Å². The summed E-state index contributed by atoms with van der Waals surface area (Å²) in [6.07, 6.45) is 0. The molecule has 2 aromatic carbocycles. The number of nitrogens with zero attached hydrogens (tertiary/aromatic N) is 3. The summed E-state index contributed by atoms with van der Waals surface area (Å²) in [6, 6.07) is 10.0. The van der Waals surface area contributed by atoms with Crippen LogP contribution in [0.25, 0.3) is 0 Å². The van der Waals surface area contributed by atoms with Gasteiger partial charge in [-0.3, -0.25) is 14.5 Å². The molecule has 178 valence electrons. The first-order chi connectivity index (χ1) is 15.5. The average molecular weight is 493 g/mol. The average Bonchev–Trinajstić information content (AvgIpc) is 2.76. The Labute approximate surface area is 200 Å². The number of anilines is 1. The Kier molecular flexibility index (Phi) is 7.79. The molecule has 0 unspecified atom stereocenters. The van der Waals surface area contributed by atoms with Crippen molar-refractivity contribution in [2.24, 2.45) is 0 Å². The molecule has 0 aliphatic carbocycles. The number of carbonyl (C=O) groups is 2. The van der Waals surface area contributed by atoms with Gasteiger partial charge in [0.2, 0.25) is 15.9 Å². The van der Waals surface area contributed by atoms with Crippen LogP contribution in [0.5, 0.6) is 0 Å². The van der Waals surface area contributed by atoms with E-state index in [0.29, 0.717) is 26.2 Å². The molecule has 0 saturated carbocycles. The summed E-state index contributed by atoms with van der Waals surface area (Å²) in [7, 11) is -0.820. The van der Waals surface area contributed by atoms with Crippen molar-refractivity contribution in [1.82, 2.24) is 14.1 Å². The lowest BCUT2D eigenvalue weighted by Crippen LogP contribution is -2.50. The third-order valence-electron chi connectivity index (χ3n) is 5.72. The van der Waals surface area contributed by atoms with E-state index in [1.165, 1.54) is 32.3 Å². The van der Waals surface area contributed by atoms with Crippen LogP contribution < -0.4 is 5.32 Å². The van der Waals surface area contributed by atoms with E-state index in [1.54, 1.807) is 4.90 Å². The highest BCUT2D eigenvalue weighted by atomic mass is 35.5. The predicted molar refractivity (Wildman–Crippen MR) is 129 cm³/mol. The molecule has 0 radical (unpaired) electrons. The van der Waals surface area contributed by atoms with Crippen LogP contribution in [0.15, 0.2) is 41.3 Å². The lowest BCUT2D eigenvalue weighted by atomic mass is 10.1. The lowest BCUT2D eigenvalue weighted by molar-refractivity contribution is -0.117. The minimum atomic E-state index is -3.68. The maximum absolute atomic E-state index is 13.0. The monoisotopic (exact) mass is 492 g/mol. The molecule has 0 spiro atoms. The van der Waals surface area contributed by atoms with Crippen LogP contribution in [0.2, 0.25) is 5.02 Å². The SMILES string of the molecule is Cc1cccc(C)c1NC(=O)CN1CCN(C(=O)c2cc(S(=O)(=O)N(C)C)ccc2Cl)CC1. The molecule has 1 N–H and O–H groups in total. The normalized spacial score (nSPS) is 15.0. The number of hydrogen-bond acceptors (Lipinski definition) is 5. The van der Waals surface area contributed by atoms with E-state index < -0.39 is 10.0 Å². The van der Waals surface area contributed by atoms with Crippen LogP contribution in [-0.2, 0) is 14.8 Å². The van der Waals surface area contributed by atoms with Gasteiger partial charge in [0.1, 0.15) is 0 Å². The minimum absolute atomic E-state index is 0.0158. The molecule has 1 heterocycles. The van der Waals surface area contributed by atoms with Gasteiger partial charge in [0, 0.05) is 46.0 Å². The number of carbonyl (C=O) groups excluding carboxylic acids is 2. The number of sulfonamides is 1. The Morgan fingerprint density at radius 1 is 1.03 bits per heavy atom. The van der Waals surface area contributed by atoms with Crippen molar-refractivity contribution in [3.05, 3.63) is 58.1 Å². The van der Waals surface area contributed by atoms with Gasteiger partial charge in [-0.15, -0.1) is 0 Å². The lowest BCUT2D eigenvalue weighted by Gasteiger charge is -2.34. The van der Waals surface area contributed by atoms with Crippen molar-refractivity contribution in [3.8, 4) is 0 Å². The summed E-state index contributed by atoms with van der Waals surface area (Å²) in [5.41, 5.74) is 3.00. The molecule has 1 fully saturated rings. The second kappa shape index (κ2) is 10.2. The van der Waals surface area contributed by atoms with E-state index in [4.69, 9.17) is 11.6 Å². The Balaban J connectivity index is 1.62. The first-order valence-corrected chi connectivity index (χ1v) is 12.4. The minimum Gasteiger partial charge on any atom is -0.336 e. The Bertz CT molecular complexity index is 1140. The zero-order chi connectivity index (χ0) is 24.3. The molecular formula is C23H29ClN4O4S. The van der Waals surface area contributed by atoms with E-state index >= 15 is 0 Å². The van der Waals surface area contributed by atoms with Crippen molar-refractivity contribution in [3.63, 3.8) is 0 Å². The zero-order valence-electron chi connectivity index (χ0n) is 19.3. The Hall–Kier alpha value is -2.46. The van der Waals surface area contributed by atoms with Gasteiger partial charge in [-0.1, -0.05) is 29.8 Å². The van der Waals surface area contributed by atoms with Crippen molar-refractivity contribution in [1.29, 1.82) is 0 Å². The van der Waals surface area contributed by atoms with Crippen molar-refractivity contribution < 1.29 is 18.0 Å². The number of para-hydroxylation sites is 1. The number of nitrogens with one attached hydrogen (secondary N) is 1. The Morgan fingerprint density at radius 3 is 2.21 bits per heavy atom. The summed E-state index contributed by atoms with van der Waals surface area (Å²) in [5, 5.41) is 3.18. The number of aryl methyl sites for hydroxylation is 2. The molecule has 0 aromatic heterocycles. The molecule has 1 saturated heterocycles. The van der Waals surface area contributed by atoms with Gasteiger partial charge in [-0.05, 0) is 43.2 Å². The van der Waals surface area contributed by atoms with Gasteiger partial charge in [0.25, 0.3) is 5.91 Å². The number of hydrogen-bond donors (Lipinski definition) is 1. The second-order valence-corrected chi connectivity index (χ2v) is 10.9. The van der Waals surface area contributed by atoms with Crippen LogP contribution in [-0.4, -0.2) is 81.2 Å². The third kappa shape index (κ3) is 5.73. The number of benzene rings is 2. The zero-order valence-corrected chi connectivity index (χ0v) is 20.8. The fourth-order valence-corrected chi connectivity index (χ4v) is 4.84. The summed E-state index contributed by atoms with van der Waals surface area (Å²) in [6.45, 7) is 6.02. The molecule has 0 bridgehead atoms. The fraction of sp³-hybridized carbons (Fsp3) is 0.391.